The second-order valence-corrected chi connectivity index (χ2v) is 6.97. The molecular weight excluding hydrogens is 350 g/mol. The third-order valence-corrected chi connectivity index (χ3v) is 3.95. The Morgan fingerprint density at radius 3 is 2.54 bits per heavy atom. The molecule has 0 saturated carbocycles. The third kappa shape index (κ3) is 7.12. The Morgan fingerprint density at radius 2 is 2.00 bits per heavy atom. The zero-order valence-electron chi connectivity index (χ0n) is 13.3. The van der Waals surface area contributed by atoms with Crippen LogP contribution in [0.15, 0.2) is 64.7 Å². The van der Waals surface area contributed by atoms with E-state index >= 15 is 0 Å². The van der Waals surface area contributed by atoms with E-state index in [0.29, 0.717) is 21.9 Å². The molecule has 7 heteroatoms. The minimum Gasteiger partial charge on any atom is -0.507 e. The highest BCUT2D eigenvalue weighted by Crippen LogP contribution is 2.22. The van der Waals surface area contributed by atoms with Crippen LogP contribution in [0.3, 0.4) is 0 Å². The van der Waals surface area contributed by atoms with Crippen LogP contribution in [0.2, 0.25) is 0 Å². The fourth-order valence-electron chi connectivity index (χ4n) is 1.94. The number of aliphatic imine (C=N–C) groups is 1. The smallest absolute Gasteiger partial charge is 0.264 e. The summed E-state index contributed by atoms with van der Waals surface area (Å²) < 4.78 is 30.4. The van der Waals surface area contributed by atoms with E-state index in [1.807, 2.05) is 6.92 Å². The summed E-state index contributed by atoms with van der Waals surface area (Å²) in [6, 6.07) is 6.71. The molecule has 0 unspecified atom stereocenters. The molecule has 0 heterocycles. The van der Waals surface area contributed by atoms with Crippen molar-refractivity contribution in [3.63, 3.8) is 0 Å². The first kappa shape index (κ1) is 20.2. The van der Waals surface area contributed by atoms with Crippen molar-refractivity contribution in [1.82, 2.24) is 0 Å². The summed E-state index contributed by atoms with van der Waals surface area (Å²) in [5.74, 6) is -0.312. The van der Waals surface area contributed by atoms with Gasteiger partial charge in [-0.25, -0.2) is 0 Å². The molecule has 0 saturated heterocycles. The molecule has 1 rings (SSSR count). The molecule has 0 aliphatic heterocycles. The maximum Gasteiger partial charge on any atom is 0.264 e. The van der Waals surface area contributed by atoms with Crippen molar-refractivity contribution in [2.24, 2.45) is 4.99 Å². The molecule has 1 aromatic carbocycles. The number of hydrogen-bond donors (Lipinski definition) is 2. The highest BCUT2D eigenvalue weighted by Gasteiger charge is 2.12. The molecule has 0 bridgehead atoms. The van der Waals surface area contributed by atoms with Crippen LogP contribution in [-0.2, 0) is 10.1 Å². The maximum atomic E-state index is 10.8. The van der Waals surface area contributed by atoms with Gasteiger partial charge in [-0.2, -0.15) is 8.42 Å². The van der Waals surface area contributed by atoms with Crippen LogP contribution in [0.1, 0.15) is 18.9 Å². The average molecular weight is 370 g/mol. The van der Waals surface area contributed by atoms with Crippen LogP contribution in [0.25, 0.3) is 0 Å². The molecule has 0 radical (unpaired) electrons. The Kier molecular flexibility index (Phi) is 7.91. The Balaban J connectivity index is 3.16. The quantitative estimate of drug-likeness (QED) is 0.316. The first-order valence-corrected chi connectivity index (χ1v) is 9.20. The van der Waals surface area contributed by atoms with E-state index in [0.717, 1.165) is 0 Å². The fraction of sp³-hybridized carbons (Fsp3) is 0.235. The molecule has 24 heavy (non-hydrogen) atoms. The van der Waals surface area contributed by atoms with Gasteiger partial charge in [-0.15, -0.1) is 0 Å². The van der Waals surface area contributed by atoms with Gasteiger partial charge in [-0.3, -0.25) is 9.55 Å². The van der Waals surface area contributed by atoms with Gasteiger partial charge >= 0.3 is 0 Å². The third-order valence-electron chi connectivity index (χ3n) is 3.02. The number of phenols is 1. The second-order valence-electron chi connectivity index (χ2n) is 4.91. The van der Waals surface area contributed by atoms with Crippen LogP contribution in [0, 0.1) is 0 Å². The lowest BCUT2D eigenvalue weighted by molar-refractivity contribution is 0.474. The van der Waals surface area contributed by atoms with Gasteiger partial charge in [0.25, 0.3) is 10.1 Å². The van der Waals surface area contributed by atoms with Crippen molar-refractivity contribution in [2.45, 2.75) is 13.3 Å². The monoisotopic (exact) mass is 369 g/mol. The van der Waals surface area contributed by atoms with Crippen LogP contribution >= 0.6 is 11.6 Å². The molecule has 0 aromatic heterocycles. The Bertz CT molecular complexity index is 780. The average Bonchev–Trinajstić information content (AvgIpc) is 2.49. The van der Waals surface area contributed by atoms with Crippen molar-refractivity contribution in [1.29, 1.82) is 0 Å². The first-order chi connectivity index (χ1) is 11.2. The lowest BCUT2D eigenvalue weighted by atomic mass is 10.0. The summed E-state index contributed by atoms with van der Waals surface area (Å²) >= 11 is 5.75. The van der Waals surface area contributed by atoms with Crippen molar-refractivity contribution >= 4 is 27.4 Å². The SMILES string of the molecule is C=C(Cl)\C=C/C(=C\C)C(=N\CCCS(=O)(=O)O)/c1ccccc1O. The van der Waals surface area contributed by atoms with E-state index in [1.54, 1.807) is 42.5 Å². The number of allylic oxidation sites excluding steroid dienone is 5. The summed E-state index contributed by atoms with van der Waals surface area (Å²) in [7, 11) is -4.02. The van der Waals surface area contributed by atoms with Gasteiger partial charge in [0.15, 0.2) is 0 Å². The molecule has 0 amide bonds. The van der Waals surface area contributed by atoms with Crippen molar-refractivity contribution in [3.8, 4) is 5.75 Å². The molecule has 0 fully saturated rings. The standard InChI is InChI=1S/C17H20ClNO4S/c1-3-14(10-9-13(2)18)17(15-7-4-5-8-16(15)20)19-11-6-12-24(21,22)23/h3-5,7-10,20H,2,6,11-12H2,1H3,(H,21,22,23)/b10-9-,14-3+,19-17+. The molecule has 1 aromatic rings. The molecule has 0 spiro atoms. The number of rotatable bonds is 8. The van der Waals surface area contributed by atoms with E-state index < -0.39 is 10.1 Å². The number of halogens is 1. The first-order valence-electron chi connectivity index (χ1n) is 7.21. The van der Waals surface area contributed by atoms with E-state index in [-0.39, 0.29) is 24.5 Å². The molecule has 0 atom stereocenters. The summed E-state index contributed by atoms with van der Waals surface area (Å²) in [5.41, 5.74) is 1.72. The Labute approximate surface area is 147 Å². The van der Waals surface area contributed by atoms with Gasteiger partial charge in [0.05, 0.1) is 11.5 Å². The van der Waals surface area contributed by atoms with Gasteiger partial charge < -0.3 is 5.11 Å². The minimum absolute atomic E-state index is 0.0588. The number of benzene rings is 1. The number of para-hydroxylation sites is 1. The molecule has 0 aliphatic rings. The molecule has 130 valence electrons. The predicted octanol–water partition coefficient (Wildman–Crippen LogP) is 3.71. The van der Waals surface area contributed by atoms with Gasteiger partial charge in [0, 0.05) is 17.1 Å². The van der Waals surface area contributed by atoms with Crippen molar-refractivity contribution < 1.29 is 18.1 Å². The lowest BCUT2D eigenvalue weighted by Gasteiger charge is -2.10. The van der Waals surface area contributed by atoms with E-state index in [2.05, 4.69) is 11.6 Å². The Hall–Kier alpha value is -1.89. The fourth-order valence-corrected chi connectivity index (χ4v) is 2.49. The van der Waals surface area contributed by atoms with Gasteiger partial charge in [0.2, 0.25) is 0 Å². The normalized spacial score (nSPS) is 13.5. The van der Waals surface area contributed by atoms with E-state index in [1.165, 1.54) is 0 Å². The number of hydrogen-bond acceptors (Lipinski definition) is 4. The number of phenolic OH excluding ortho intramolecular Hbond substituents is 1. The zero-order chi connectivity index (χ0) is 18.2. The highest BCUT2D eigenvalue weighted by atomic mass is 35.5. The van der Waals surface area contributed by atoms with Gasteiger partial charge in [-0.05, 0) is 37.1 Å². The van der Waals surface area contributed by atoms with E-state index in [9.17, 15) is 13.5 Å². The van der Waals surface area contributed by atoms with Crippen LogP contribution in [-0.4, -0.2) is 36.1 Å². The van der Waals surface area contributed by atoms with Gasteiger partial charge in [-0.1, -0.05) is 42.5 Å². The lowest BCUT2D eigenvalue weighted by Crippen LogP contribution is -2.08. The molecule has 0 aliphatic carbocycles. The van der Waals surface area contributed by atoms with Crippen LogP contribution in [0.4, 0.5) is 0 Å². The van der Waals surface area contributed by atoms with Crippen molar-refractivity contribution in [2.75, 3.05) is 12.3 Å². The van der Waals surface area contributed by atoms with Gasteiger partial charge in [0.1, 0.15) is 5.75 Å². The Morgan fingerprint density at radius 1 is 1.33 bits per heavy atom. The molecular formula is C17H20ClNO4S. The van der Waals surface area contributed by atoms with Crippen molar-refractivity contribution in [3.05, 3.63) is 65.2 Å². The maximum absolute atomic E-state index is 10.8. The van der Waals surface area contributed by atoms with Crippen LogP contribution in [0.5, 0.6) is 5.75 Å². The number of nitrogens with zero attached hydrogens (tertiary/aromatic N) is 1. The predicted molar refractivity (Wildman–Crippen MR) is 98.4 cm³/mol. The summed E-state index contributed by atoms with van der Waals surface area (Å²) in [6.45, 7) is 5.57. The summed E-state index contributed by atoms with van der Waals surface area (Å²) in [5, 5.41) is 10.4. The second kappa shape index (κ2) is 9.42. The van der Waals surface area contributed by atoms with Crippen LogP contribution < -0.4 is 0 Å². The molecule has 5 nitrogen and oxygen atoms in total. The van der Waals surface area contributed by atoms with E-state index in [4.69, 9.17) is 16.2 Å². The summed E-state index contributed by atoms with van der Waals surface area (Å²) in [4.78, 5) is 4.40. The number of aromatic hydroxyl groups is 1. The highest BCUT2D eigenvalue weighted by molar-refractivity contribution is 7.85. The molecule has 2 N–H and O–H groups in total. The zero-order valence-corrected chi connectivity index (χ0v) is 14.9. The topological polar surface area (TPSA) is 87.0 Å². The largest absolute Gasteiger partial charge is 0.507 e. The minimum atomic E-state index is -4.02. The summed E-state index contributed by atoms with van der Waals surface area (Å²) in [6.07, 6.45) is 5.28.